The molecule has 0 atom stereocenters. The first-order valence-corrected chi connectivity index (χ1v) is 14.9. The summed E-state index contributed by atoms with van der Waals surface area (Å²) in [6, 6.07) is 25.6. The Bertz CT molecular complexity index is 1950. The summed E-state index contributed by atoms with van der Waals surface area (Å²) in [7, 11) is -1.26. The van der Waals surface area contributed by atoms with E-state index in [4.69, 9.17) is 4.99 Å². The van der Waals surface area contributed by atoms with Crippen molar-refractivity contribution in [3.05, 3.63) is 141 Å². The lowest BCUT2D eigenvalue weighted by molar-refractivity contribution is 0.791. The largest absolute Gasteiger partial charge is 0.463 e. The van der Waals surface area contributed by atoms with Crippen molar-refractivity contribution in [3.8, 4) is 22.3 Å². The highest BCUT2D eigenvalue weighted by Gasteiger charge is 2.15. The maximum Gasteiger partial charge on any atom is 0.463 e. The fourth-order valence-electron chi connectivity index (χ4n) is 6.51. The highest BCUT2D eigenvalue weighted by Crippen LogP contribution is 2.32. The normalized spacial score (nSPS) is 12.0. The summed E-state index contributed by atoms with van der Waals surface area (Å²) < 4.78 is 16.8. The van der Waals surface area contributed by atoms with Crippen LogP contribution in [0.4, 0.5) is 4.32 Å². The molecule has 5 aromatic rings. The molecule has 0 unspecified atom stereocenters. The van der Waals surface area contributed by atoms with Crippen LogP contribution in [-0.4, -0.2) is 11.6 Å². The van der Waals surface area contributed by atoms with Crippen molar-refractivity contribution in [1.29, 1.82) is 0 Å². The molecule has 43 heavy (non-hydrogen) atoms. The molecule has 5 rings (SSSR count). The van der Waals surface area contributed by atoms with E-state index < -0.39 is 7.12 Å². The Hall–Kier alpha value is -4.44. The fraction of sp³-hybridized carbons (Fsp3) is 0.205. The predicted molar refractivity (Wildman–Crippen MR) is 184 cm³/mol. The number of hydrogen-bond donors (Lipinski definition) is 0. The van der Waals surface area contributed by atoms with Gasteiger partial charge in [-0.3, -0.25) is 0 Å². The van der Waals surface area contributed by atoms with Crippen LogP contribution in [0.1, 0.15) is 44.5 Å². The van der Waals surface area contributed by atoms with Gasteiger partial charge < -0.3 is 8.79 Å². The van der Waals surface area contributed by atoms with Crippen LogP contribution in [-0.2, 0) is 0 Å². The first-order chi connectivity index (χ1) is 20.4. The molecule has 4 aromatic carbocycles. The third-order valence-electron chi connectivity index (χ3n) is 8.23. The molecule has 0 N–H and O–H groups in total. The van der Waals surface area contributed by atoms with Crippen LogP contribution in [0, 0.1) is 48.5 Å². The number of nitrogens with zero attached hydrogens (tertiary/aromatic N) is 2. The van der Waals surface area contributed by atoms with Crippen LogP contribution in [0.25, 0.3) is 39.2 Å². The summed E-state index contributed by atoms with van der Waals surface area (Å²) in [5, 5.41) is 0.968. The molecule has 0 aliphatic heterocycles. The number of hydrogen-bond acceptors (Lipinski definition) is 1. The molecule has 0 saturated heterocycles. The van der Waals surface area contributed by atoms with Gasteiger partial charge in [0.15, 0.2) is 0 Å². The molecule has 0 aliphatic carbocycles. The Morgan fingerprint density at radius 3 is 1.79 bits per heavy atom. The lowest BCUT2D eigenvalue weighted by Crippen LogP contribution is -2.30. The minimum Gasteiger partial charge on any atom is -0.341 e. The van der Waals surface area contributed by atoms with Gasteiger partial charge in [0.1, 0.15) is 5.49 Å². The van der Waals surface area contributed by atoms with Gasteiger partial charge in [-0.1, -0.05) is 66.2 Å². The van der Waals surface area contributed by atoms with E-state index in [-0.39, 0.29) is 0 Å². The van der Waals surface area contributed by atoms with Crippen molar-refractivity contribution < 1.29 is 4.32 Å². The summed E-state index contributed by atoms with van der Waals surface area (Å²) >= 11 is 0. The van der Waals surface area contributed by atoms with Crippen LogP contribution >= 0.6 is 0 Å². The topological polar surface area (TPSA) is 17.3 Å². The molecular formula is C39H40BFN2. The number of fused-ring (bicyclic) bond motifs is 1. The number of pyridine rings is 1. The number of allylic oxidation sites excluding steroid dienone is 1. The first-order valence-electron chi connectivity index (χ1n) is 14.9. The monoisotopic (exact) mass is 566 g/mol. The molecule has 1 aromatic heterocycles. The predicted octanol–water partition coefficient (Wildman–Crippen LogP) is 10.2. The molecule has 0 aliphatic rings. The van der Waals surface area contributed by atoms with Gasteiger partial charge >= 0.3 is 7.12 Å². The zero-order valence-corrected chi connectivity index (χ0v) is 26.6. The van der Waals surface area contributed by atoms with E-state index in [2.05, 4.69) is 110 Å². The zero-order chi connectivity index (χ0) is 31.0. The molecule has 0 fully saturated rings. The molecule has 1 heterocycles. The third kappa shape index (κ3) is 6.20. The lowest BCUT2D eigenvalue weighted by Gasteiger charge is -2.15. The van der Waals surface area contributed by atoms with Crippen LogP contribution in [0.3, 0.4) is 0 Å². The standard InChI is InChI=1S/C39H40BFN2/c1-24-18-27(4)38(28(5)19-24)34-12-10-26(3)32(22-34)13-11-31(8)42-37-17-15-33-23-35(14-16-36(33)43(37)40(9)41)39-29(6)20-25(2)21-30(39)7/h10-23H,8H2,1-7,9H3/b13-11-,42-37-. The Kier molecular flexibility index (Phi) is 8.42. The van der Waals surface area contributed by atoms with Crippen LogP contribution in [0.15, 0.2) is 96.1 Å². The average Bonchev–Trinajstić information content (AvgIpc) is 2.91. The van der Waals surface area contributed by atoms with E-state index in [1.54, 1.807) is 11.3 Å². The Morgan fingerprint density at radius 1 is 0.698 bits per heavy atom. The van der Waals surface area contributed by atoms with Gasteiger partial charge in [0.25, 0.3) is 0 Å². The van der Waals surface area contributed by atoms with E-state index in [0.717, 1.165) is 22.0 Å². The Labute approximate surface area is 256 Å². The molecular weight excluding hydrogens is 526 g/mol. The maximum atomic E-state index is 15.1. The second-order valence-electron chi connectivity index (χ2n) is 12.0. The van der Waals surface area contributed by atoms with Crippen LogP contribution in [0.5, 0.6) is 0 Å². The Balaban J connectivity index is 1.51. The lowest BCUT2D eigenvalue weighted by atomic mass is 9.89. The van der Waals surface area contributed by atoms with E-state index in [9.17, 15) is 0 Å². The van der Waals surface area contributed by atoms with Gasteiger partial charge in [-0.2, -0.15) is 0 Å². The summed E-state index contributed by atoms with van der Waals surface area (Å²) in [5.74, 6) is 0. The molecule has 0 spiro atoms. The van der Waals surface area contributed by atoms with Gasteiger partial charge in [-0.25, -0.2) is 4.99 Å². The quantitative estimate of drug-likeness (QED) is 0.144. The van der Waals surface area contributed by atoms with E-state index in [0.29, 0.717) is 11.2 Å². The number of rotatable bonds is 6. The van der Waals surface area contributed by atoms with Crippen molar-refractivity contribution in [2.75, 3.05) is 0 Å². The number of aromatic nitrogens is 1. The number of halogens is 1. The van der Waals surface area contributed by atoms with E-state index in [1.165, 1.54) is 55.6 Å². The number of benzene rings is 4. The van der Waals surface area contributed by atoms with Gasteiger partial charge in [0, 0.05) is 5.52 Å². The third-order valence-corrected chi connectivity index (χ3v) is 8.23. The van der Waals surface area contributed by atoms with Gasteiger partial charge in [0.2, 0.25) is 0 Å². The van der Waals surface area contributed by atoms with Crippen molar-refractivity contribution in [1.82, 2.24) is 4.48 Å². The molecule has 2 nitrogen and oxygen atoms in total. The SMILES string of the molecule is C=C(/C=C\c1cc(-c2c(C)cc(C)cc2C)ccc1C)/N=c1/ccc2cc(-c3c(C)cc(C)cc3C)ccc2n1B(C)F. The zero-order valence-electron chi connectivity index (χ0n) is 26.6. The second-order valence-corrected chi connectivity index (χ2v) is 12.0. The summed E-state index contributed by atoms with van der Waals surface area (Å²) in [6.07, 6.45) is 3.96. The van der Waals surface area contributed by atoms with Crippen LogP contribution in [0.2, 0.25) is 6.82 Å². The molecule has 0 bridgehead atoms. The molecule has 4 heteroatoms. The van der Waals surface area contributed by atoms with Crippen molar-refractivity contribution in [2.24, 2.45) is 4.99 Å². The minimum atomic E-state index is -1.26. The number of aryl methyl sites for hydroxylation is 7. The summed E-state index contributed by atoms with van der Waals surface area (Å²) in [4.78, 5) is 4.75. The first kappa shape index (κ1) is 30.0. The second kappa shape index (κ2) is 12.0. The molecule has 0 radical (unpaired) electrons. The minimum absolute atomic E-state index is 0.531. The maximum absolute atomic E-state index is 15.1. The summed E-state index contributed by atoms with van der Waals surface area (Å²) in [5.41, 5.74) is 16.5. The van der Waals surface area contributed by atoms with Crippen molar-refractivity contribution >= 4 is 24.1 Å². The highest BCUT2D eigenvalue weighted by molar-refractivity contribution is 6.48. The average molecular weight is 567 g/mol. The molecule has 0 amide bonds. The van der Waals surface area contributed by atoms with Gasteiger partial charge in [-0.05, 0) is 153 Å². The van der Waals surface area contributed by atoms with Gasteiger partial charge in [0.05, 0.1) is 5.70 Å². The molecule has 216 valence electrons. The van der Waals surface area contributed by atoms with E-state index in [1.807, 2.05) is 30.4 Å². The molecule has 0 saturated carbocycles. The van der Waals surface area contributed by atoms with Crippen molar-refractivity contribution in [2.45, 2.75) is 55.3 Å². The summed E-state index contributed by atoms with van der Waals surface area (Å²) in [6.45, 7) is 20.7. The Morgan fingerprint density at radius 2 is 1.23 bits per heavy atom. The smallest absolute Gasteiger partial charge is 0.341 e. The van der Waals surface area contributed by atoms with Gasteiger partial charge in [-0.15, -0.1) is 0 Å². The fourth-order valence-corrected chi connectivity index (χ4v) is 6.51. The highest BCUT2D eigenvalue weighted by atomic mass is 19.1. The van der Waals surface area contributed by atoms with Crippen LogP contribution < -0.4 is 5.49 Å². The van der Waals surface area contributed by atoms with E-state index >= 15 is 4.32 Å². The van der Waals surface area contributed by atoms with Crippen molar-refractivity contribution in [3.63, 3.8) is 0 Å².